The Balaban J connectivity index is 1.46. The molecule has 6 heteroatoms. The number of benzene rings is 3. The molecule has 1 saturated heterocycles. The summed E-state index contributed by atoms with van der Waals surface area (Å²) in [5.74, 6) is 2.32. The minimum Gasteiger partial charge on any atom is -0.497 e. The van der Waals surface area contributed by atoms with Crippen LogP contribution in [0.3, 0.4) is 0 Å². The molecule has 0 N–H and O–H groups in total. The Labute approximate surface area is 216 Å². The first kappa shape index (κ1) is 24.3. The third kappa shape index (κ3) is 4.97. The third-order valence-electron chi connectivity index (χ3n) is 6.80. The van der Waals surface area contributed by atoms with Gasteiger partial charge in [-0.15, -0.1) is 11.3 Å². The summed E-state index contributed by atoms with van der Waals surface area (Å²) in [5.41, 5.74) is 2.33. The Bertz CT molecular complexity index is 1340. The number of fused-ring (bicyclic) bond motifs is 1. The summed E-state index contributed by atoms with van der Waals surface area (Å²) in [7, 11) is 3.30. The second kappa shape index (κ2) is 10.7. The molecule has 1 aromatic heterocycles. The fourth-order valence-corrected chi connectivity index (χ4v) is 5.99. The first-order chi connectivity index (χ1) is 17.6. The summed E-state index contributed by atoms with van der Waals surface area (Å²) in [6.07, 6.45) is 3.75. The summed E-state index contributed by atoms with van der Waals surface area (Å²) >= 11 is 1.60. The Morgan fingerprint density at radius 1 is 0.833 bits per heavy atom. The first-order valence-corrected chi connectivity index (χ1v) is 13.2. The number of piperidine rings is 1. The number of carbonyl (C=O) groups is 1. The quantitative estimate of drug-likeness (QED) is 0.243. The SMILES string of the molecule is COc1ccc(-c2sc3cc(OC)ccc3c2C(=O)c2ccc(OC(C)N3CCCCC3)cc2)cc1. The van der Waals surface area contributed by atoms with Crippen molar-refractivity contribution in [2.75, 3.05) is 27.3 Å². The fraction of sp³-hybridized carbons (Fsp3) is 0.300. The lowest BCUT2D eigenvalue weighted by Gasteiger charge is -2.32. The van der Waals surface area contributed by atoms with Crippen LogP contribution in [0.2, 0.25) is 0 Å². The topological polar surface area (TPSA) is 48.0 Å². The summed E-state index contributed by atoms with van der Waals surface area (Å²) in [6.45, 7) is 4.24. The second-order valence-corrected chi connectivity index (χ2v) is 10.1. The Morgan fingerprint density at radius 3 is 2.14 bits per heavy atom. The van der Waals surface area contributed by atoms with Crippen LogP contribution in [0.15, 0.2) is 66.7 Å². The van der Waals surface area contributed by atoms with Gasteiger partial charge in [0.2, 0.25) is 0 Å². The number of hydrogen-bond donors (Lipinski definition) is 0. The van der Waals surface area contributed by atoms with Crippen LogP contribution in [0.5, 0.6) is 17.2 Å². The minimum atomic E-state index is -0.00661. The zero-order chi connectivity index (χ0) is 25.1. The monoisotopic (exact) mass is 501 g/mol. The van der Waals surface area contributed by atoms with Crippen LogP contribution in [-0.4, -0.2) is 44.2 Å². The van der Waals surface area contributed by atoms with Crippen LogP contribution in [-0.2, 0) is 0 Å². The smallest absolute Gasteiger partial charge is 0.195 e. The predicted octanol–water partition coefficient (Wildman–Crippen LogP) is 7.03. The van der Waals surface area contributed by atoms with Gasteiger partial charge >= 0.3 is 0 Å². The number of ketones is 1. The van der Waals surface area contributed by atoms with E-state index in [9.17, 15) is 4.79 Å². The van der Waals surface area contributed by atoms with Crippen molar-refractivity contribution in [3.63, 3.8) is 0 Å². The molecule has 2 heterocycles. The van der Waals surface area contributed by atoms with Crippen LogP contribution in [0.25, 0.3) is 20.5 Å². The zero-order valence-corrected chi connectivity index (χ0v) is 21.8. The maximum atomic E-state index is 13.9. The van der Waals surface area contributed by atoms with Gasteiger partial charge < -0.3 is 14.2 Å². The summed E-state index contributed by atoms with van der Waals surface area (Å²) in [6, 6.07) is 21.2. The van der Waals surface area contributed by atoms with Crippen LogP contribution in [0, 0.1) is 0 Å². The molecule has 0 bridgehead atoms. The first-order valence-electron chi connectivity index (χ1n) is 12.4. The van der Waals surface area contributed by atoms with Gasteiger partial charge in [0.1, 0.15) is 23.5 Å². The molecule has 0 radical (unpaired) electrons. The normalized spacial score (nSPS) is 15.0. The molecule has 4 aromatic rings. The molecule has 1 aliphatic rings. The molecule has 1 unspecified atom stereocenters. The van der Waals surface area contributed by atoms with E-state index >= 15 is 0 Å². The molecule has 5 nitrogen and oxygen atoms in total. The highest BCUT2D eigenvalue weighted by Crippen LogP contribution is 2.41. The fourth-order valence-electron chi connectivity index (χ4n) is 4.76. The van der Waals surface area contributed by atoms with Crippen LogP contribution in [0.4, 0.5) is 0 Å². The highest BCUT2D eigenvalue weighted by atomic mass is 32.1. The van der Waals surface area contributed by atoms with Crippen molar-refractivity contribution in [3.8, 4) is 27.7 Å². The maximum Gasteiger partial charge on any atom is 0.195 e. The van der Waals surface area contributed by atoms with Gasteiger partial charge in [-0.1, -0.05) is 6.42 Å². The van der Waals surface area contributed by atoms with Gasteiger partial charge in [-0.2, -0.15) is 0 Å². The number of rotatable bonds is 8. The molecule has 1 fully saturated rings. The number of methoxy groups -OCH3 is 2. The Morgan fingerprint density at radius 2 is 1.47 bits per heavy atom. The average molecular weight is 502 g/mol. The van der Waals surface area contributed by atoms with E-state index in [1.54, 1.807) is 25.6 Å². The van der Waals surface area contributed by atoms with E-state index < -0.39 is 0 Å². The van der Waals surface area contributed by atoms with E-state index in [-0.39, 0.29) is 12.0 Å². The van der Waals surface area contributed by atoms with Crippen molar-refractivity contribution in [2.24, 2.45) is 0 Å². The average Bonchev–Trinajstić information content (AvgIpc) is 3.32. The molecule has 1 atom stereocenters. The zero-order valence-electron chi connectivity index (χ0n) is 21.0. The van der Waals surface area contributed by atoms with E-state index in [1.165, 1.54) is 19.3 Å². The van der Waals surface area contributed by atoms with Gasteiger partial charge in [-0.25, -0.2) is 0 Å². The molecule has 0 saturated carbocycles. The lowest BCUT2D eigenvalue weighted by atomic mass is 9.97. The molecule has 1 aliphatic heterocycles. The van der Waals surface area contributed by atoms with Gasteiger partial charge in [0.15, 0.2) is 5.78 Å². The Hall–Kier alpha value is -3.35. The third-order valence-corrected chi connectivity index (χ3v) is 8.01. The predicted molar refractivity (Wildman–Crippen MR) is 146 cm³/mol. The van der Waals surface area contributed by atoms with Crippen molar-refractivity contribution in [1.82, 2.24) is 4.90 Å². The number of likely N-dealkylation sites (tertiary alicyclic amines) is 1. The van der Waals surface area contributed by atoms with E-state index in [2.05, 4.69) is 11.8 Å². The van der Waals surface area contributed by atoms with Crippen molar-refractivity contribution in [3.05, 3.63) is 77.9 Å². The molecule has 0 amide bonds. The molecule has 0 spiro atoms. The van der Waals surface area contributed by atoms with Gasteiger partial charge in [0.05, 0.1) is 14.2 Å². The van der Waals surface area contributed by atoms with E-state index in [0.717, 1.165) is 50.9 Å². The number of thiophene rings is 1. The standard InChI is InChI=1S/C30H31NO4S/c1-20(31-17-5-4-6-18-31)35-24-13-7-21(8-14-24)29(32)28-26-16-15-25(34-3)19-27(26)36-30(28)22-9-11-23(33-2)12-10-22/h7-16,19-20H,4-6,17-18H2,1-3H3. The highest BCUT2D eigenvalue weighted by molar-refractivity contribution is 7.22. The molecule has 5 rings (SSSR count). The Kier molecular flexibility index (Phi) is 7.25. The molecular formula is C30H31NO4S. The van der Waals surface area contributed by atoms with Crippen LogP contribution in [0.1, 0.15) is 42.1 Å². The van der Waals surface area contributed by atoms with Gasteiger partial charge in [0.25, 0.3) is 0 Å². The molecule has 0 aliphatic carbocycles. The number of nitrogens with zero attached hydrogens (tertiary/aromatic N) is 1. The van der Waals surface area contributed by atoms with Crippen LogP contribution < -0.4 is 14.2 Å². The van der Waals surface area contributed by atoms with Crippen molar-refractivity contribution in [1.29, 1.82) is 0 Å². The van der Waals surface area contributed by atoms with Gasteiger partial charge in [-0.05, 0) is 92.1 Å². The van der Waals surface area contributed by atoms with Crippen LogP contribution >= 0.6 is 11.3 Å². The van der Waals surface area contributed by atoms with Crippen molar-refractivity contribution >= 4 is 27.2 Å². The van der Waals surface area contributed by atoms with Crippen molar-refractivity contribution < 1.29 is 19.0 Å². The summed E-state index contributed by atoms with van der Waals surface area (Å²) < 4.78 is 17.9. The lowest BCUT2D eigenvalue weighted by molar-refractivity contribution is 0.0262. The molecule has 36 heavy (non-hydrogen) atoms. The van der Waals surface area contributed by atoms with Gasteiger partial charge in [-0.3, -0.25) is 9.69 Å². The lowest BCUT2D eigenvalue weighted by Crippen LogP contribution is -2.40. The number of carbonyl (C=O) groups excluding carboxylic acids is 1. The molecule has 3 aromatic carbocycles. The summed E-state index contributed by atoms with van der Waals surface area (Å²) in [4.78, 5) is 17.2. The maximum absolute atomic E-state index is 13.9. The van der Waals surface area contributed by atoms with Gasteiger partial charge in [0, 0.05) is 39.2 Å². The van der Waals surface area contributed by atoms with E-state index in [0.29, 0.717) is 11.1 Å². The van der Waals surface area contributed by atoms with Crippen molar-refractivity contribution in [2.45, 2.75) is 32.4 Å². The van der Waals surface area contributed by atoms with E-state index in [1.807, 2.05) is 66.7 Å². The number of hydrogen-bond acceptors (Lipinski definition) is 6. The largest absolute Gasteiger partial charge is 0.497 e. The molecule has 186 valence electrons. The number of ether oxygens (including phenoxy) is 3. The highest BCUT2D eigenvalue weighted by Gasteiger charge is 2.23. The second-order valence-electron chi connectivity index (χ2n) is 9.06. The molecular weight excluding hydrogens is 470 g/mol. The van der Waals surface area contributed by atoms with E-state index in [4.69, 9.17) is 14.2 Å². The summed E-state index contributed by atoms with van der Waals surface area (Å²) in [5, 5.41) is 0.927. The minimum absolute atomic E-state index is 0.00661.